The van der Waals surface area contributed by atoms with Crippen molar-refractivity contribution in [2.24, 2.45) is 0 Å². The maximum atomic E-state index is 11.5. The molecule has 0 aliphatic rings. The number of rotatable bonds is 8. The van der Waals surface area contributed by atoms with Crippen molar-refractivity contribution < 1.29 is 23.4 Å². The van der Waals surface area contributed by atoms with Crippen LogP contribution >= 0.6 is 0 Å². The van der Waals surface area contributed by atoms with Crippen molar-refractivity contribution in [1.82, 2.24) is 5.32 Å². The van der Waals surface area contributed by atoms with E-state index in [1.165, 1.54) is 0 Å². The first-order chi connectivity index (χ1) is 6.54. The van der Waals surface area contributed by atoms with E-state index in [4.69, 9.17) is 5.11 Å². The number of carboxylic acids is 1. The van der Waals surface area contributed by atoms with E-state index in [1.807, 2.05) is 0 Å². The normalized spacial score (nSPS) is 10.5. The molecule has 0 aromatic rings. The minimum Gasteiger partial charge on any atom is -0.478 e. The molecule has 4 nitrogen and oxygen atoms in total. The summed E-state index contributed by atoms with van der Waals surface area (Å²) in [5.41, 5.74) is 0.0267. The number of carbonyl (C=O) groups is 1. The molecule has 0 bridgehead atoms. The third-order valence-electron chi connectivity index (χ3n) is 1.31. The van der Waals surface area contributed by atoms with E-state index in [-0.39, 0.29) is 18.7 Å². The number of aliphatic carboxylic acids is 1. The molecule has 0 aromatic heterocycles. The van der Waals surface area contributed by atoms with Gasteiger partial charge in [0.05, 0.1) is 6.61 Å². The second-order valence-electron chi connectivity index (χ2n) is 2.55. The average Bonchev–Trinajstić information content (AvgIpc) is 2.09. The van der Waals surface area contributed by atoms with E-state index in [1.54, 1.807) is 0 Å². The Bertz CT molecular complexity index is 197. The molecule has 2 N–H and O–H groups in total. The first kappa shape index (κ1) is 13.0. The molecule has 14 heavy (non-hydrogen) atoms. The summed E-state index contributed by atoms with van der Waals surface area (Å²) >= 11 is 0. The SMILES string of the molecule is C=C(CNCCOCC(F)F)C(=O)O. The summed E-state index contributed by atoms with van der Waals surface area (Å²) in [6.45, 7) is 3.24. The zero-order valence-electron chi connectivity index (χ0n) is 7.63. The van der Waals surface area contributed by atoms with Crippen molar-refractivity contribution in [2.75, 3.05) is 26.3 Å². The Morgan fingerprint density at radius 1 is 1.57 bits per heavy atom. The van der Waals surface area contributed by atoms with Gasteiger partial charge in [0.1, 0.15) is 6.61 Å². The third kappa shape index (κ3) is 7.63. The number of halogens is 2. The molecule has 0 aliphatic carbocycles. The van der Waals surface area contributed by atoms with Crippen LogP contribution in [0.2, 0.25) is 0 Å². The molecule has 0 amide bonds. The molecule has 0 saturated heterocycles. The van der Waals surface area contributed by atoms with Crippen LogP contribution in [0.15, 0.2) is 12.2 Å². The molecule has 0 unspecified atom stereocenters. The fraction of sp³-hybridized carbons (Fsp3) is 0.625. The van der Waals surface area contributed by atoms with Gasteiger partial charge in [-0.1, -0.05) is 6.58 Å². The van der Waals surface area contributed by atoms with Crippen LogP contribution in [0.25, 0.3) is 0 Å². The highest BCUT2D eigenvalue weighted by molar-refractivity contribution is 5.86. The van der Waals surface area contributed by atoms with Crippen molar-refractivity contribution >= 4 is 5.97 Å². The quantitative estimate of drug-likeness (QED) is 0.451. The second-order valence-corrected chi connectivity index (χ2v) is 2.55. The van der Waals surface area contributed by atoms with Gasteiger partial charge in [-0.3, -0.25) is 0 Å². The van der Waals surface area contributed by atoms with Crippen LogP contribution in [0.4, 0.5) is 8.78 Å². The Hall–Kier alpha value is -1.01. The van der Waals surface area contributed by atoms with Gasteiger partial charge in [-0.05, 0) is 0 Å². The molecule has 0 aliphatic heterocycles. The van der Waals surface area contributed by atoms with Crippen LogP contribution < -0.4 is 5.32 Å². The predicted molar refractivity (Wildman–Crippen MR) is 46.5 cm³/mol. The van der Waals surface area contributed by atoms with E-state index < -0.39 is 19.0 Å². The molecule has 0 rings (SSSR count). The summed E-state index contributed by atoms with van der Waals surface area (Å²) in [5.74, 6) is -1.08. The van der Waals surface area contributed by atoms with E-state index in [0.717, 1.165) is 0 Å². The summed E-state index contributed by atoms with van der Waals surface area (Å²) in [4.78, 5) is 10.2. The van der Waals surface area contributed by atoms with Crippen molar-refractivity contribution in [2.45, 2.75) is 6.43 Å². The zero-order chi connectivity index (χ0) is 11.0. The number of hydrogen-bond acceptors (Lipinski definition) is 3. The Kier molecular flexibility index (Phi) is 6.87. The van der Waals surface area contributed by atoms with Gasteiger partial charge in [0.2, 0.25) is 0 Å². The maximum absolute atomic E-state index is 11.5. The zero-order valence-corrected chi connectivity index (χ0v) is 7.63. The molecule has 0 saturated carbocycles. The highest BCUT2D eigenvalue weighted by Gasteiger charge is 2.03. The monoisotopic (exact) mass is 209 g/mol. The summed E-state index contributed by atoms with van der Waals surface area (Å²) in [5, 5.41) is 11.1. The number of alkyl halides is 2. The molecule has 0 atom stereocenters. The fourth-order valence-corrected chi connectivity index (χ4v) is 0.632. The molecular weight excluding hydrogens is 196 g/mol. The van der Waals surface area contributed by atoms with Gasteiger partial charge in [0, 0.05) is 18.7 Å². The number of ether oxygens (including phenoxy) is 1. The van der Waals surface area contributed by atoms with Crippen LogP contribution in [0.3, 0.4) is 0 Å². The minimum absolute atomic E-state index is 0.0267. The lowest BCUT2D eigenvalue weighted by Gasteiger charge is -2.05. The van der Waals surface area contributed by atoms with Crippen molar-refractivity contribution in [3.05, 3.63) is 12.2 Å². The number of hydrogen-bond donors (Lipinski definition) is 2. The van der Waals surface area contributed by atoms with Crippen LogP contribution in [-0.4, -0.2) is 43.8 Å². The minimum atomic E-state index is -2.47. The summed E-state index contributed by atoms with van der Waals surface area (Å²) in [6, 6.07) is 0. The first-order valence-corrected chi connectivity index (χ1v) is 4.01. The topological polar surface area (TPSA) is 58.6 Å². The number of carboxylic acid groups (broad SMARTS) is 1. The van der Waals surface area contributed by atoms with Gasteiger partial charge in [-0.2, -0.15) is 0 Å². The van der Waals surface area contributed by atoms with E-state index in [0.29, 0.717) is 6.54 Å². The number of nitrogens with one attached hydrogen (secondary N) is 1. The lowest BCUT2D eigenvalue weighted by atomic mass is 10.3. The summed E-state index contributed by atoms with van der Waals surface area (Å²) in [6.07, 6.45) is -2.47. The van der Waals surface area contributed by atoms with E-state index >= 15 is 0 Å². The van der Waals surface area contributed by atoms with Gasteiger partial charge >= 0.3 is 5.97 Å². The van der Waals surface area contributed by atoms with Gasteiger partial charge in [0.15, 0.2) is 0 Å². The molecule has 0 radical (unpaired) electrons. The molecule has 82 valence electrons. The summed E-state index contributed by atoms with van der Waals surface area (Å²) < 4.78 is 27.6. The highest BCUT2D eigenvalue weighted by atomic mass is 19.3. The average molecular weight is 209 g/mol. The van der Waals surface area contributed by atoms with Crippen LogP contribution in [0.1, 0.15) is 0 Å². The molecule has 0 heterocycles. The van der Waals surface area contributed by atoms with E-state index in [9.17, 15) is 13.6 Å². The van der Waals surface area contributed by atoms with Gasteiger partial charge in [-0.15, -0.1) is 0 Å². The first-order valence-electron chi connectivity index (χ1n) is 4.01. The third-order valence-corrected chi connectivity index (χ3v) is 1.31. The van der Waals surface area contributed by atoms with Crippen LogP contribution in [0.5, 0.6) is 0 Å². The lowest BCUT2D eigenvalue weighted by molar-refractivity contribution is -0.132. The van der Waals surface area contributed by atoms with Gasteiger partial charge in [-0.25, -0.2) is 13.6 Å². The molecular formula is C8H13F2NO3. The lowest BCUT2D eigenvalue weighted by Crippen LogP contribution is -2.25. The largest absolute Gasteiger partial charge is 0.478 e. The maximum Gasteiger partial charge on any atom is 0.332 e. The van der Waals surface area contributed by atoms with Crippen molar-refractivity contribution in [3.8, 4) is 0 Å². The van der Waals surface area contributed by atoms with Crippen molar-refractivity contribution in [1.29, 1.82) is 0 Å². The van der Waals surface area contributed by atoms with Crippen molar-refractivity contribution in [3.63, 3.8) is 0 Å². The van der Waals surface area contributed by atoms with Gasteiger partial charge in [0.25, 0.3) is 6.43 Å². The highest BCUT2D eigenvalue weighted by Crippen LogP contribution is 1.91. The molecule has 0 spiro atoms. The second kappa shape index (κ2) is 7.40. The Labute approximate surface area is 80.6 Å². The summed E-state index contributed by atoms with van der Waals surface area (Å²) in [7, 11) is 0. The van der Waals surface area contributed by atoms with Gasteiger partial charge < -0.3 is 15.2 Å². The Morgan fingerprint density at radius 3 is 2.71 bits per heavy atom. The fourth-order valence-electron chi connectivity index (χ4n) is 0.632. The molecule has 0 fully saturated rings. The molecule has 0 aromatic carbocycles. The smallest absolute Gasteiger partial charge is 0.332 e. The standard InChI is InChI=1S/C8H13F2NO3/c1-6(8(12)13)4-11-2-3-14-5-7(9)10/h7,11H,1-5H2,(H,12,13). The van der Waals surface area contributed by atoms with Crippen LogP contribution in [-0.2, 0) is 9.53 Å². The van der Waals surface area contributed by atoms with E-state index in [2.05, 4.69) is 16.6 Å². The Balaban J connectivity index is 3.22. The van der Waals surface area contributed by atoms with Crippen LogP contribution in [0, 0.1) is 0 Å². The molecule has 6 heteroatoms. The predicted octanol–water partition coefficient (Wildman–Crippen LogP) is 0.499. The Morgan fingerprint density at radius 2 is 2.21 bits per heavy atom.